The lowest BCUT2D eigenvalue weighted by molar-refractivity contribution is -0.123. The molecule has 0 aromatic heterocycles. The molecule has 1 aromatic carbocycles. The highest BCUT2D eigenvalue weighted by Crippen LogP contribution is 2.30. The number of carbonyl (C=O) groups is 1. The fraction of sp³-hybridized carbons (Fsp3) is 0.500. The maximum absolute atomic E-state index is 11.2. The fourth-order valence-electron chi connectivity index (χ4n) is 2.25. The van der Waals surface area contributed by atoms with E-state index in [9.17, 15) is 4.79 Å². The van der Waals surface area contributed by atoms with Crippen molar-refractivity contribution in [2.45, 2.75) is 38.5 Å². The molecule has 0 saturated carbocycles. The second-order valence-corrected chi connectivity index (χ2v) is 4.89. The van der Waals surface area contributed by atoms with Gasteiger partial charge in [-0.1, -0.05) is 38.1 Å². The molecule has 0 aliphatic carbocycles. The molecule has 1 unspecified atom stereocenters. The van der Waals surface area contributed by atoms with E-state index < -0.39 is 0 Å². The summed E-state index contributed by atoms with van der Waals surface area (Å²) >= 11 is 0. The third-order valence-electron chi connectivity index (χ3n) is 3.64. The lowest BCUT2D eigenvalue weighted by Crippen LogP contribution is -2.44. The number of hydrogen-bond acceptors (Lipinski definition) is 1. The van der Waals surface area contributed by atoms with Crippen molar-refractivity contribution in [2.75, 3.05) is 6.54 Å². The molecule has 0 radical (unpaired) electrons. The molecule has 1 saturated heterocycles. The Bertz CT molecular complexity index is 370. The van der Waals surface area contributed by atoms with Crippen LogP contribution in [0.1, 0.15) is 37.8 Å². The molecule has 1 aliphatic rings. The minimum Gasteiger partial charge on any atom is -0.355 e. The lowest BCUT2D eigenvalue weighted by atomic mass is 9.76. The molecular weight excluding hydrogens is 198 g/mol. The third kappa shape index (κ3) is 2.11. The Hall–Kier alpha value is -1.31. The molecule has 2 heteroatoms. The Morgan fingerprint density at radius 2 is 2.00 bits per heavy atom. The third-order valence-corrected chi connectivity index (χ3v) is 3.64. The molecule has 2 rings (SSSR count). The van der Waals surface area contributed by atoms with Crippen molar-refractivity contribution >= 4 is 5.91 Å². The van der Waals surface area contributed by atoms with Crippen molar-refractivity contribution in [2.24, 2.45) is 0 Å². The van der Waals surface area contributed by atoms with Crippen LogP contribution in [0.5, 0.6) is 0 Å². The van der Waals surface area contributed by atoms with E-state index in [4.69, 9.17) is 0 Å². The average Bonchev–Trinajstić information content (AvgIpc) is 2.33. The Labute approximate surface area is 97.1 Å². The van der Waals surface area contributed by atoms with Gasteiger partial charge in [-0.3, -0.25) is 4.79 Å². The van der Waals surface area contributed by atoms with Crippen LogP contribution in [0.2, 0.25) is 0 Å². The summed E-state index contributed by atoms with van der Waals surface area (Å²) in [7, 11) is 0. The highest BCUT2D eigenvalue weighted by atomic mass is 16.1. The first-order chi connectivity index (χ1) is 7.64. The predicted octanol–water partition coefficient (Wildman–Crippen LogP) is 2.42. The minimum absolute atomic E-state index is 0.111. The minimum atomic E-state index is 0.111. The van der Waals surface area contributed by atoms with E-state index in [1.807, 2.05) is 0 Å². The number of hydrogen-bond donors (Lipinski definition) is 1. The Morgan fingerprint density at radius 3 is 2.50 bits per heavy atom. The molecule has 1 N–H and O–H groups in total. The summed E-state index contributed by atoms with van der Waals surface area (Å²) in [4.78, 5) is 11.2. The standard InChI is InChI=1S/C14H19NO/c1-3-11-4-6-12(7-5-11)14(2)9-8-13(16)15-10-14/h4-7H,3,8-10H2,1-2H3,(H,15,16). The van der Waals surface area contributed by atoms with Crippen LogP contribution >= 0.6 is 0 Å². The van der Waals surface area contributed by atoms with Crippen LogP contribution in [-0.2, 0) is 16.6 Å². The molecule has 16 heavy (non-hydrogen) atoms. The maximum atomic E-state index is 11.2. The normalized spacial score (nSPS) is 25.2. The van der Waals surface area contributed by atoms with Gasteiger partial charge < -0.3 is 5.32 Å². The second-order valence-electron chi connectivity index (χ2n) is 4.89. The zero-order chi connectivity index (χ0) is 11.6. The molecule has 1 fully saturated rings. The van der Waals surface area contributed by atoms with Gasteiger partial charge in [0.1, 0.15) is 0 Å². The van der Waals surface area contributed by atoms with Crippen molar-refractivity contribution in [1.82, 2.24) is 5.32 Å². The van der Waals surface area contributed by atoms with E-state index >= 15 is 0 Å². The van der Waals surface area contributed by atoms with Gasteiger partial charge in [-0.2, -0.15) is 0 Å². The van der Waals surface area contributed by atoms with E-state index in [1.165, 1.54) is 11.1 Å². The summed E-state index contributed by atoms with van der Waals surface area (Å²) in [6, 6.07) is 8.79. The van der Waals surface area contributed by atoms with Gasteiger partial charge in [-0.15, -0.1) is 0 Å². The van der Waals surface area contributed by atoms with E-state index in [2.05, 4.69) is 43.4 Å². The summed E-state index contributed by atoms with van der Waals surface area (Å²) in [5.74, 6) is 0.183. The van der Waals surface area contributed by atoms with Gasteiger partial charge >= 0.3 is 0 Å². The molecule has 86 valence electrons. The highest BCUT2D eigenvalue weighted by Gasteiger charge is 2.31. The van der Waals surface area contributed by atoms with Crippen LogP contribution in [0.25, 0.3) is 0 Å². The van der Waals surface area contributed by atoms with Crippen LogP contribution in [0.4, 0.5) is 0 Å². The predicted molar refractivity (Wildman–Crippen MR) is 65.4 cm³/mol. The fourth-order valence-corrected chi connectivity index (χ4v) is 2.25. The number of piperidine rings is 1. The summed E-state index contributed by atoms with van der Waals surface area (Å²) in [6.45, 7) is 5.16. The molecule has 1 aromatic rings. The largest absolute Gasteiger partial charge is 0.355 e. The van der Waals surface area contributed by atoms with Crippen molar-refractivity contribution in [3.05, 3.63) is 35.4 Å². The first-order valence-electron chi connectivity index (χ1n) is 6.00. The summed E-state index contributed by atoms with van der Waals surface area (Å²) in [5, 5.41) is 2.96. The van der Waals surface area contributed by atoms with Gasteiger partial charge in [0.05, 0.1) is 0 Å². The number of amides is 1. The average molecular weight is 217 g/mol. The summed E-state index contributed by atoms with van der Waals surface area (Å²) in [6.07, 6.45) is 2.67. The van der Waals surface area contributed by atoms with E-state index in [-0.39, 0.29) is 11.3 Å². The van der Waals surface area contributed by atoms with E-state index in [1.54, 1.807) is 0 Å². The van der Waals surface area contributed by atoms with Crippen LogP contribution in [0.15, 0.2) is 24.3 Å². The van der Waals surface area contributed by atoms with Crippen molar-refractivity contribution in [3.8, 4) is 0 Å². The number of rotatable bonds is 2. The molecule has 1 heterocycles. The van der Waals surface area contributed by atoms with E-state index in [0.717, 1.165) is 19.4 Å². The van der Waals surface area contributed by atoms with Crippen molar-refractivity contribution in [1.29, 1.82) is 0 Å². The zero-order valence-corrected chi connectivity index (χ0v) is 10.0. The van der Waals surface area contributed by atoms with Crippen LogP contribution < -0.4 is 5.32 Å². The Balaban J connectivity index is 2.19. The number of benzene rings is 1. The van der Waals surface area contributed by atoms with Crippen LogP contribution in [0.3, 0.4) is 0 Å². The Morgan fingerprint density at radius 1 is 1.31 bits per heavy atom. The molecule has 1 amide bonds. The number of nitrogens with one attached hydrogen (secondary N) is 1. The first kappa shape index (κ1) is 11.2. The molecule has 2 nitrogen and oxygen atoms in total. The number of carbonyl (C=O) groups excluding carboxylic acids is 1. The molecule has 1 atom stereocenters. The van der Waals surface area contributed by atoms with E-state index in [0.29, 0.717) is 6.42 Å². The lowest BCUT2D eigenvalue weighted by Gasteiger charge is -2.34. The van der Waals surface area contributed by atoms with Crippen LogP contribution in [0, 0.1) is 0 Å². The van der Waals surface area contributed by atoms with Gasteiger partial charge in [0, 0.05) is 18.4 Å². The van der Waals surface area contributed by atoms with Gasteiger partial charge in [0.15, 0.2) is 0 Å². The molecule has 0 bridgehead atoms. The first-order valence-corrected chi connectivity index (χ1v) is 6.00. The van der Waals surface area contributed by atoms with Gasteiger partial charge in [0.25, 0.3) is 0 Å². The maximum Gasteiger partial charge on any atom is 0.220 e. The SMILES string of the molecule is CCc1ccc(C2(C)CCC(=O)NC2)cc1. The monoisotopic (exact) mass is 217 g/mol. The second kappa shape index (κ2) is 4.28. The topological polar surface area (TPSA) is 29.1 Å². The van der Waals surface area contributed by atoms with Gasteiger partial charge in [-0.25, -0.2) is 0 Å². The van der Waals surface area contributed by atoms with Gasteiger partial charge in [-0.05, 0) is 24.0 Å². The number of aryl methyl sites for hydroxylation is 1. The molecule has 0 spiro atoms. The van der Waals surface area contributed by atoms with Crippen molar-refractivity contribution in [3.63, 3.8) is 0 Å². The zero-order valence-electron chi connectivity index (χ0n) is 10.0. The van der Waals surface area contributed by atoms with Gasteiger partial charge in [0.2, 0.25) is 5.91 Å². The quantitative estimate of drug-likeness (QED) is 0.810. The summed E-state index contributed by atoms with van der Waals surface area (Å²) < 4.78 is 0. The molecule has 1 aliphatic heterocycles. The van der Waals surface area contributed by atoms with Crippen molar-refractivity contribution < 1.29 is 4.79 Å². The highest BCUT2D eigenvalue weighted by molar-refractivity contribution is 5.77. The summed E-state index contributed by atoms with van der Waals surface area (Å²) in [5.41, 5.74) is 2.82. The smallest absolute Gasteiger partial charge is 0.220 e. The molecular formula is C14H19NO. The van der Waals surface area contributed by atoms with Crippen LogP contribution in [-0.4, -0.2) is 12.5 Å². The Kier molecular flexibility index (Phi) is 2.99.